The molecular formula is C21H24N2O5. The first-order valence-corrected chi connectivity index (χ1v) is 9.31. The number of ether oxygens (including phenoxy) is 3. The largest absolute Gasteiger partial charge is 0.461 e. The van der Waals surface area contributed by atoms with E-state index in [9.17, 15) is 9.59 Å². The second kappa shape index (κ2) is 9.23. The fraction of sp³-hybridized carbons (Fsp3) is 0.333. The summed E-state index contributed by atoms with van der Waals surface area (Å²) >= 11 is 0. The summed E-state index contributed by atoms with van der Waals surface area (Å²) in [6.07, 6.45) is 0. The molecule has 0 unspecified atom stereocenters. The smallest absolute Gasteiger partial charge is 0.338 e. The number of carbonyl (C=O) groups is 2. The lowest BCUT2D eigenvalue weighted by molar-refractivity contribution is 0.0466. The van der Waals surface area contributed by atoms with Crippen molar-refractivity contribution in [1.29, 1.82) is 0 Å². The highest BCUT2D eigenvalue weighted by Crippen LogP contribution is 2.32. The van der Waals surface area contributed by atoms with Gasteiger partial charge in [-0.25, -0.2) is 4.79 Å². The van der Waals surface area contributed by atoms with Gasteiger partial charge in [0, 0.05) is 17.8 Å². The first kappa shape index (κ1) is 19.7. The highest BCUT2D eigenvalue weighted by atomic mass is 16.7. The topological polar surface area (TPSA) is 77.1 Å². The molecule has 0 aromatic heterocycles. The third kappa shape index (κ3) is 4.80. The maximum atomic E-state index is 12.4. The van der Waals surface area contributed by atoms with Gasteiger partial charge in [-0.15, -0.1) is 0 Å². The van der Waals surface area contributed by atoms with Crippen molar-refractivity contribution in [2.75, 3.05) is 38.4 Å². The molecule has 0 atom stereocenters. The fourth-order valence-electron chi connectivity index (χ4n) is 2.82. The van der Waals surface area contributed by atoms with E-state index in [2.05, 4.69) is 24.1 Å². The van der Waals surface area contributed by atoms with Crippen LogP contribution in [0.3, 0.4) is 0 Å². The predicted octanol–water partition coefficient (Wildman–Crippen LogP) is 3.17. The average Bonchev–Trinajstić information content (AvgIpc) is 3.19. The summed E-state index contributed by atoms with van der Waals surface area (Å²) in [5, 5.41) is 2.79. The number of hydrogen-bond donors (Lipinski definition) is 1. The number of benzene rings is 2. The van der Waals surface area contributed by atoms with Crippen LogP contribution in [0.2, 0.25) is 0 Å². The number of nitrogens with one attached hydrogen (secondary N) is 1. The molecule has 7 nitrogen and oxygen atoms in total. The van der Waals surface area contributed by atoms with Gasteiger partial charge in [-0.05, 0) is 55.6 Å². The highest BCUT2D eigenvalue weighted by molar-refractivity contribution is 6.04. The fourth-order valence-corrected chi connectivity index (χ4v) is 2.82. The molecule has 1 heterocycles. The van der Waals surface area contributed by atoms with Crippen molar-refractivity contribution in [3.8, 4) is 11.5 Å². The van der Waals surface area contributed by atoms with Gasteiger partial charge in [0.1, 0.15) is 6.61 Å². The normalized spacial score (nSPS) is 12.1. The number of esters is 1. The van der Waals surface area contributed by atoms with E-state index in [0.29, 0.717) is 41.5 Å². The molecule has 2 aromatic carbocycles. The van der Waals surface area contributed by atoms with Gasteiger partial charge in [-0.3, -0.25) is 4.79 Å². The molecule has 148 valence electrons. The van der Waals surface area contributed by atoms with Crippen LogP contribution in [0.15, 0.2) is 42.5 Å². The number of hydrogen-bond acceptors (Lipinski definition) is 6. The van der Waals surface area contributed by atoms with Crippen LogP contribution in [0.25, 0.3) is 0 Å². The van der Waals surface area contributed by atoms with Gasteiger partial charge >= 0.3 is 5.97 Å². The van der Waals surface area contributed by atoms with Gasteiger partial charge in [0.05, 0.1) is 5.56 Å². The minimum absolute atomic E-state index is 0.160. The molecule has 1 N–H and O–H groups in total. The summed E-state index contributed by atoms with van der Waals surface area (Å²) < 4.78 is 15.8. The molecule has 2 aromatic rings. The Kier molecular flexibility index (Phi) is 6.49. The average molecular weight is 384 g/mol. The second-order valence-corrected chi connectivity index (χ2v) is 6.26. The van der Waals surface area contributed by atoms with Crippen LogP contribution >= 0.6 is 0 Å². The van der Waals surface area contributed by atoms with Crippen molar-refractivity contribution < 1.29 is 23.8 Å². The van der Waals surface area contributed by atoms with Crippen molar-refractivity contribution >= 4 is 17.6 Å². The molecule has 0 bridgehead atoms. The molecule has 3 rings (SSSR count). The minimum atomic E-state index is -0.374. The van der Waals surface area contributed by atoms with Gasteiger partial charge in [-0.1, -0.05) is 13.8 Å². The zero-order valence-corrected chi connectivity index (χ0v) is 16.1. The molecule has 1 aliphatic rings. The first-order valence-electron chi connectivity index (χ1n) is 9.31. The highest BCUT2D eigenvalue weighted by Gasteiger charge is 2.16. The summed E-state index contributed by atoms with van der Waals surface area (Å²) in [6.45, 7) is 7.21. The predicted molar refractivity (Wildman–Crippen MR) is 105 cm³/mol. The van der Waals surface area contributed by atoms with Crippen LogP contribution in [0, 0.1) is 0 Å². The molecule has 28 heavy (non-hydrogen) atoms. The van der Waals surface area contributed by atoms with Crippen molar-refractivity contribution in [3.63, 3.8) is 0 Å². The summed E-state index contributed by atoms with van der Waals surface area (Å²) in [4.78, 5) is 26.7. The quantitative estimate of drug-likeness (QED) is 0.705. The van der Waals surface area contributed by atoms with E-state index in [1.165, 1.54) is 0 Å². The van der Waals surface area contributed by atoms with Crippen molar-refractivity contribution in [2.24, 2.45) is 0 Å². The Hall–Kier alpha value is -3.06. The van der Waals surface area contributed by atoms with E-state index in [1.54, 1.807) is 42.5 Å². The van der Waals surface area contributed by atoms with Gasteiger partial charge in [0.25, 0.3) is 5.91 Å². The molecule has 0 saturated carbocycles. The zero-order valence-electron chi connectivity index (χ0n) is 16.1. The van der Waals surface area contributed by atoms with Crippen molar-refractivity contribution in [1.82, 2.24) is 4.90 Å². The van der Waals surface area contributed by atoms with E-state index in [4.69, 9.17) is 14.2 Å². The molecule has 0 fully saturated rings. The van der Waals surface area contributed by atoms with E-state index in [0.717, 1.165) is 13.1 Å². The summed E-state index contributed by atoms with van der Waals surface area (Å²) in [6, 6.07) is 11.6. The van der Waals surface area contributed by atoms with E-state index in [1.807, 2.05) is 0 Å². The Labute approximate surface area is 164 Å². The zero-order chi connectivity index (χ0) is 19.9. The molecule has 1 aliphatic heterocycles. The number of fused-ring (bicyclic) bond motifs is 1. The van der Waals surface area contributed by atoms with Gasteiger partial charge in [-0.2, -0.15) is 0 Å². The Bertz CT molecular complexity index is 831. The van der Waals surface area contributed by atoms with Crippen LogP contribution in [0.4, 0.5) is 5.69 Å². The molecule has 0 aliphatic carbocycles. The van der Waals surface area contributed by atoms with Crippen LogP contribution in [0.1, 0.15) is 34.6 Å². The molecular weight excluding hydrogens is 360 g/mol. The Morgan fingerprint density at radius 3 is 2.39 bits per heavy atom. The van der Waals surface area contributed by atoms with Gasteiger partial charge < -0.3 is 24.4 Å². The van der Waals surface area contributed by atoms with Gasteiger partial charge in [0.15, 0.2) is 11.5 Å². The molecule has 0 saturated heterocycles. The third-order valence-electron chi connectivity index (χ3n) is 4.55. The van der Waals surface area contributed by atoms with Crippen LogP contribution < -0.4 is 14.8 Å². The lowest BCUT2D eigenvalue weighted by Gasteiger charge is -2.17. The SMILES string of the molecule is CCN(CC)CCOC(=O)c1ccc(NC(=O)c2ccc3c(c2)OCO3)cc1. The van der Waals surface area contributed by atoms with Crippen molar-refractivity contribution in [3.05, 3.63) is 53.6 Å². The number of amides is 1. The Morgan fingerprint density at radius 1 is 1.00 bits per heavy atom. The first-order chi connectivity index (χ1) is 13.6. The molecule has 0 spiro atoms. The molecule has 7 heteroatoms. The number of anilines is 1. The number of nitrogens with zero attached hydrogens (tertiary/aromatic N) is 1. The summed E-state index contributed by atoms with van der Waals surface area (Å²) in [7, 11) is 0. The monoisotopic (exact) mass is 384 g/mol. The number of carbonyl (C=O) groups excluding carboxylic acids is 2. The lowest BCUT2D eigenvalue weighted by atomic mass is 10.1. The van der Waals surface area contributed by atoms with Crippen LogP contribution in [-0.4, -0.2) is 49.8 Å². The van der Waals surface area contributed by atoms with Crippen LogP contribution in [0.5, 0.6) is 11.5 Å². The maximum absolute atomic E-state index is 12.4. The Morgan fingerprint density at radius 2 is 1.68 bits per heavy atom. The molecule has 1 amide bonds. The second-order valence-electron chi connectivity index (χ2n) is 6.26. The number of likely N-dealkylation sites (N-methyl/N-ethyl adjacent to an activating group) is 1. The van der Waals surface area contributed by atoms with E-state index >= 15 is 0 Å². The van der Waals surface area contributed by atoms with E-state index in [-0.39, 0.29) is 18.7 Å². The minimum Gasteiger partial charge on any atom is -0.461 e. The lowest BCUT2D eigenvalue weighted by Crippen LogP contribution is -2.27. The Balaban J connectivity index is 1.54. The maximum Gasteiger partial charge on any atom is 0.338 e. The number of rotatable bonds is 8. The van der Waals surface area contributed by atoms with Crippen LogP contribution in [-0.2, 0) is 4.74 Å². The van der Waals surface area contributed by atoms with E-state index < -0.39 is 0 Å². The summed E-state index contributed by atoms with van der Waals surface area (Å²) in [5.41, 5.74) is 1.49. The standard InChI is InChI=1S/C21H24N2O5/c1-3-23(4-2)11-12-26-21(25)15-5-8-17(9-6-15)22-20(24)16-7-10-18-19(13-16)28-14-27-18/h5-10,13H,3-4,11-12,14H2,1-2H3,(H,22,24). The van der Waals surface area contributed by atoms with Crippen molar-refractivity contribution in [2.45, 2.75) is 13.8 Å². The molecule has 0 radical (unpaired) electrons. The third-order valence-corrected chi connectivity index (χ3v) is 4.55. The van der Waals surface area contributed by atoms with Gasteiger partial charge in [0.2, 0.25) is 6.79 Å². The summed E-state index contributed by atoms with van der Waals surface area (Å²) in [5.74, 6) is 0.532.